The topological polar surface area (TPSA) is 50.9 Å². The first-order valence-electron chi connectivity index (χ1n) is 4.98. The van der Waals surface area contributed by atoms with Crippen LogP contribution in [0.2, 0.25) is 0 Å². The molecule has 1 aromatic rings. The van der Waals surface area contributed by atoms with E-state index in [1.807, 2.05) is 6.07 Å². The lowest BCUT2D eigenvalue weighted by Crippen LogP contribution is -2.31. The third-order valence-electron chi connectivity index (χ3n) is 2.57. The van der Waals surface area contributed by atoms with Crippen molar-refractivity contribution >= 4 is 37.7 Å². The molecule has 0 radical (unpaired) electrons. The molecule has 3 nitrogen and oxygen atoms in total. The van der Waals surface area contributed by atoms with Crippen LogP contribution in [0.5, 0.6) is 0 Å². The lowest BCUT2D eigenvalue weighted by atomic mass is 10.2. The highest BCUT2D eigenvalue weighted by atomic mass is 79.9. The molecule has 0 amide bonds. The zero-order valence-corrected chi connectivity index (χ0v) is 11.4. The second-order valence-corrected chi connectivity index (χ2v) is 5.58. The van der Waals surface area contributed by atoms with Crippen LogP contribution < -0.4 is 11.1 Å². The Morgan fingerprint density at radius 3 is 2.80 bits per heavy atom. The molecule has 5 heteroatoms. The van der Waals surface area contributed by atoms with Gasteiger partial charge in [-0.05, 0) is 56.7 Å². The molecule has 82 valence electrons. The number of halogens is 2. The number of pyridine rings is 1. The van der Waals surface area contributed by atoms with Gasteiger partial charge < -0.3 is 11.1 Å². The van der Waals surface area contributed by atoms with Crippen molar-refractivity contribution in [3.05, 3.63) is 21.2 Å². The third kappa shape index (κ3) is 2.92. The van der Waals surface area contributed by atoms with Gasteiger partial charge in [-0.2, -0.15) is 0 Å². The number of nitrogens with two attached hydrogens (primary N) is 1. The fourth-order valence-corrected chi connectivity index (χ4v) is 2.67. The Labute approximate surface area is 106 Å². The van der Waals surface area contributed by atoms with Crippen molar-refractivity contribution in [2.45, 2.75) is 18.9 Å². The molecule has 1 aliphatic carbocycles. The largest absolute Gasteiger partial charge is 0.365 e. The maximum Gasteiger partial charge on any atom is 0.140 e. The normalized spacial score (nSPS) is 17.5. The summed E-state index contributed by atoms with van der Waals surface area (Å²) in [6.45, 7) is 0.662. The van der Waals surface area contributed by atoms with Crippen molar-refractivity contribution in [1.82, 2.24) is 4.98 Å². The molecule has 3 N–H and O–H groups in total. The van der Waals surface area contributed by atoms with Gasteiger partial charge in [-0.25, -0.2) is 4.98 Å². The van der Waals surface area contributed by atoms with Crippen molar-refractivity contribution in [2.75, 3.05) is 11.9 Å². The van der Waals surface area contributed by atoms with E-state index in [1.54, 1.807) is 6.20 Å². The minimum Gasteiger partial charge on any atom is -0.365 e. The van der Waals surface area contributed by atoms with Crippen LogP contribution in [0.15, 0.2) is 21.2 Å². The number of hydrogen-bond acceptors (Lipinski definition) is 3. The van der Waals surface area contributed by atoms with Gasteiger partial charge in [-0.15, -0.1) is 0 Å². The predicted octanol–water partition coefficient (Wildman–Crippen LogP) is 2.76. The number of nitrogens with zero attached hydrogens (tertiary/aromatic N) is 1. The summed E-state index contributed by atoms with van der Waals surface area (Å²) in [5, 5.41) is 3.38. The molecule has 1 unspecified atom stereocenters. The Morgan fingerprint density at radius 2 is 2.27 bits per heavy atom. The summed E-state index contributed by atoms with van der Waals surface area (Å²) in [7, 11) is 0. The van der Waals surface area contributed by atoms with Gasteiger partial charge >= 0.3 is 0 Å². The zero-order chi connectivity index (χ0) is 10.8. The highest BCUT2D eigenvalue weighted by Crippen LogP contribution is 2.34. The number of aromatic nitrogens is 1. The van der Waals surface area contributed by atoms with Crippen molar-refractivity contribution in [3.63, 3.8) is 0 Å². The van der Waals surface area contributed by atoms with E-state index in [0.717, 1.165) is 20.7 Å². The van der Waals surface area contributed by atoms with E-state index in [2.05, 4.69) is 42.2 Å². The van der Waals surface area contributed by atoms with E-state index < -0.39 is 0 Å². The molecule has 0 aromatic carbocycles. The Balaban J connectivity index is 2.08. The van der Waals surface area contributed by atoms with Crippen molar-refractivity contribution in [3.8, 4) is 0 Å². The van der Waals surface area contributed by atoms with Crippen LogP contribution in [0.1, 0.15) is 12.8 Å². The summed E-state index contributed by atoms with van der Waals surface area (Å²) >= 11 is 6.85. The van der Waals surface area contributed by atoms with Gasteiger partial charge in [0.15, 0.2) is 0 Å². The summed E-state index contributed by atoms with van der Waals surface area (Å²) in [6, 6.07) is 2.34. The smallest absolute Gasteiger partial charge is 0.140 e. The second kappa shape index (κ2) is 4.80. The lowest BCUT2D eigenvalue weighted by Gasteiger charge is -2.17. The van der Waals surface area contributed by atoms with E-state index in [4.69, 9.17) is 5.73 Å². The average molecular weight is 335 g/mol. The van der Waals surface area contributed by atoms with E-state index in [0.29, 0.717) is 12.6 Å². The standard InChI is InChI=1S/C10H13Br2N3/c11-7-3-8(12)10(14-5-7)15-9(4-13)6-1-2-6/h3,5-6,9H,1-2,4,13H2,(H,14,15). The van der Waals surface area contributed by atoms with Crippen LogP contribution in [0.3, 0.4) is 0 Å². The summed E-state index contributed by atoms with van der Waals surface area (Å²) in [5.41, 5.74) is 5.73. The molecule has 0 spiro atoms. The Bertz CT molecular complexity index is 353. The van der Waals surface area contributed by atoms with Crippen LogP contribution in [-0.2, 0) is 0 Å². The minimum atomic E-state index is 0.356. The lowest BCUT2D eigenvalue weighted by molar-refractivity contribution is 0.642. The Hall–Kier alpha value is -0.130. The van der Waals surface area contributed by atoms with Gasteiger partial charge in [0.25, 0.3) is 0 Å². The molecule has 1 heterocycles. The summed E-state index contributed by atoms with van der Waals surface area (Å²) in [4.78, 5) is 4.32. The van der Waals surface area contributed by atoms with Gasteiger partial charge in [0, 0.05) is 23.3 Å². The number of nitrogens with one attached hydrogen (secondary N) is 1. The van der Waals surface area contributed by atoms with Gasteiger partial charge in [0.05, 0.1) is 4.47 Å². The molecule has 1 atom stereocenters. The van der Waals surface area contributed by atoms with E-state index in [-0.39, 0.29) is 0 Å². The molecule has 1 fully saturated rings. The van der Waals surface area contributed by atoms with Crippen molar-refractivity contribution in [1.29, 1.82) is 0 Å². The molecule has 15 heavy (non-hydrogen) atoms. The highest BCUT2D eigenvalue weighted by Gasteiger charge is 2.30. The van der Waals surface area contributed by atoms with Crippen LogP contribution >= 0.6 is 31.9 Å². The van der Waals surface area contributed by atoms with Crippen molar-refractivity contribution in [2.24, 2.45) is 11.7 Å². The molecule has 0 aliphatic heterocycles. The van der Waals surface area contributed by atoms with Crippen molar-refractivity contribution < 1.29 is 0 Å². The first-order chi connectivity index (χ1) is 7.20. The number of hydrogen-bond donors (Lipinski definition) is 2. The van der Waals surface area contributed by atoms with Gasteiger partial charge in [0.1, 0.15) is 5.82 Å². The highest BCUT2D eigenvalue weighted by molar-refractivity contribution is 9.11. The van der Waals surface area contributed by atoms with Gasteiger partial charge in [-0.3, -0.25) is 0 Å². The first kappa shape index (κ1) is 11.4. The number of rotatable bonds is 4. The minimum absolute atomic E-state index is 0.356. The molecule has 0 saturated heterocycles. The molecule has 1 aromatic heterocycles. The third-order valence-corrected chi connectivity index (χ3v) is 3.61. The molecule has 1 aliphatic rings. The van der Waals surface area contributed by atoms with Crippen LogP contribution in [-0.4, -0.2) is 17.6 Å². The second-order valence-electron chi connectivity index (χ2n) is 3.81. The first-order valence-corrected chi connectivity index (χ1v) is 6.57. The van der Waals surface area contributed by atoms with Crippen LogP contribution in [0.25, 0.3) is 0 Å². The summed E-state index contributed by atoms with van der Waals surface area (Å²) in [5.74, 6) is 1.60. The average Bonchev–Trinajstić information content (AvgIpc) is 3.00. The summed E-state index contributed by atoms with van der Waals surface area (Å²) < 4.78 is 1.94. The molecule has 2 rings (SSSR count). The Kier molecular flexibility index (Phi) is 3.64. The van der Waals surface area contributed by atoms with Gasteiger partial charge in [0.2, 0.25) is 0 Å². The Morgan fingerprint density at radius 1 is 1.53 bits per heavy atom. The molecule has 1 saturated carbocycles. The molecule has 0 bridgehead atoms. The predicted molar refractivity (Wildman–Crippen MR) is 68.8 cm³/mol. The van der Waals surface area contributed by atoms with E-state index in [9.17, 15) is 0 Å². The van der Waals surface area contributed by atoms with Gasteiger partial charge in [-0.1, -0.05) is 0 Å². The quantitative estimate of drug-likeness (QED) is 0.890. The number of anilines is 1. The van der Waals surface area contributed by atoms with E-state index in [1.165, 1.54) is 12.8 Å². The monoisotopic (exact) mass is 333 g/mol. The van der Waals surface area contributed by atoms with E-state index >= 15 is 0 Å². The fraction of sp³-hybridized carbons (Fsp3) is 0.500. The maximum absolute atomic E-state index is 5.73. The summed E-state index contributed by atoms with van der Waals surface area (Å²) in [6.07, 6.45) is 4.35. The fourth-order valence-electron chi connectivity index (χ4n) is 1.56. The van der Waals surface area contributed by atoms with Crippen LogP contribution in [0, 0.1) is 5.92 Å². The molecular weight excluding hydrogens is 322 g/mol. The van der Waals surface area contributed by atoms with Crippen LogP contribution in [0.4, 0.5) is 5.82 Å². The maximum atomic E-state index is 5.73. The molecular formula is C10H13Br2N3. The SMILES string of the molecule is NCC(Nc1ncc(Br)cc1Br)C1CC1. The zero-order valence-electron chi connectivity index (χ0n) is 8.21.